The Morgan fingerprint density at radius 1 is 1.31 bits per heavy atom. The molecule has 32 heavy (non-hydrogen) atoms. The van der Waals surface area contributed by atoms with Crippen LogP contribution in [0.15, 0.2) is 24.3 Å². The van der Waals surface area contributed by atoms with Gasteiger partial charge >= 0.3 is 6.09 Å². The van der Waals surface area contributed by atoms with Crippen molar-refractivity contribution >= 4 is 40.4 Å². The highest BCUT2D eigenvalue weighted by Gasteiger charge is 2.42. The number of aromatic nitrogens is 1. The molecular formula is C22H29ClN4O5. The number of ether oxygens (including phenoxy) is 1. The van der Waals surface area contributed by atoms with Crippen molar-refractivity contribution < 1.29 is 24.2 Å². The van der Waals surface area contributed by atoms with E-state index in [2.05, 4.69) is 10.3 Å². The van der Waals surface area contributed by atoms with Gasteiger partial charge in [-0.3, -0.25) is 14.5 Å². The van der Waals surface area contributed by atoms with Crippen molar-refractivity contribution in [2.45, 2.75) is 44.8 Å². The molecule has 3 N–H and O–H groups in total. The number of halogens is 1. The van der Waals surface area contributed by atoms with Crippen molar-refractivity contribution in [3.63, 3.8) is 0 Å². The zero-order chi connectivity index (χ0) is 23.6. The van der Waals surface area contributed by atoms with Gasteiger partial charge in [-0.2, -0.15) is 0 Å². The number of aromatic amines is 1. The molecule has 2 atom stereocenters. The lowest BCUT2D eigenvalue weighted by atomic mass is 9.93. The number of hydrogen-bond donors (Lipinski definition) is 3. The highest BCUT2D eigenvalue weighted by molar-refractivity contribution is 6.31. The van der Waals surface area contributed by atoms with Gasteiger partial charge in [0.2, 0.25) is 5.91 Å². The third kappa shape index (κ3) is 5.16. The summed E-state index contributed by atoms with van der Waals surface area (Å²) in [5.74, 6) is -0.558. The van der Waals surface area contributed by atoms with E-state index < -0.39 is 23.7 Å². The summed E-state index contributed by atoms with van der Waals surface area (Å²) < 4.78 is 4.95. The Hall–Kier alpha value is -2.78. The molecule has 1 aromatic heterocycles. The third-order valence-electron chi connectivity index (χ3n) is 5.61. The second-order valence-electron chi connectivity index (χ2n) is 8.95. The molecule has 1 aliphatic heterocycles. The molecule has 0 spiro atoms. The summed E-state index contributed by atoms with van der Waals surface area (Å²) in [7, 11) is 1.44. The number of carbonyl (C=O) groups excluding carboxylic acids is 2. The SMILES string of the molecule is COCC(=O)N1CC[C@H](NC(=O)c2cc3cc(Cl)ccc3[nH]2)[C@H](N(C(=O)O)C(C)(C)C)C1. The molecule has 1 aliphatic rings. The molecule has 1 saturated heterocycles. The smallest absolute Gasteiger partial charge is 0.408 e. The van der Waals surface area contributed by atoms with Gasteiger partial charge in [0.1, 0.15) is 12.3 Å². The number of carboxylic acid groups (broad SMARTS) is 1. The first kappa shape index (κ1) is 23.9. The topological polar surface area (TPSA) is 115 Å². The van der Waals surface area contributed by atoms with Crippen LogP contribution in [0.4, 0.5) is 4.79 Å². The average molecular weight is 465 g/mol. The van der Waals surface area contributed by atoms with E-state index in [4.69, 9.17) is 16.3 Å². The van der Waals surface area contributed by atoms with Gasteiger partial charge in [0.05, 0.1) is 12.1 Å². The fourth-order valence-corrected chi connectivity index (χ4v) is 4.38. The summed E-state index contributed by atoms with van der Waals surface area (Å²) in [6.45, 7) is 5.85. The molecule has 1 fully saturated rings. The Bertz CT molecular complexity index is 1020. The lowest BCUT2D eigenvalue weighted by Gasteiger charge is -2.47. The number of H-pyrrole nitrogens is 1. The Morgan fingerprint density at radius 3 is 2.66 bits per heavy atom. The Balaban J connectivity index is 1.86. The molecule has 9 nitrogen and oxygen atoms in total. The van der Waals surface area contributed by atoms with Crippen LogP contribution in [0.2, 0.25) is 5.02 Å². The predicted molar refractivity (Wildman–Crippen MR) is 121 cm³/mol. The first-order valence-electron chi connectivity index (χ1n) is 10.4. The second kappa shape index (κ2) is 9.38. The minimum Gasteiger partial charge on any atom is -0.465 e. The largest absolute Gasteiger partial charge is 0.465 e. The van der Waals surface area contributed by atoms with Crippen molar-refractivity contribution in [1.82, 2.24) is 20.1 Å². The molecule has 0 radical (unpaired) electrons. The molecule has 174 valence electrons. The van der Waals surface area contributed by atoms with Crippen LogP contribution >= 0.6 is 11.6 Å². The number of benzene rings is 1. The van der Waals surface area contributed by atoms with Gasteiger partial charge in [0.15, 0.2) is 0 Å². The molecule has 10 heteroatoms. The maximum absolute atomic E-state index is 13.0. The molecular weight excluding hydrogens is 436 g/mol. The number of nitrogens with one attached hydrogen (secondary N) is 2. The monoisotopic (exact) mass is 464 g/mol. The lowest BCUT2D eigenvalue weighted by molar-refractivity contribution is -0.138. The predicted octanol–water partition coefficient (Wildman–Crippen LogP) is 2.95. The molecule has 3 amide bonds. The molecule has 0 saturated carbocycles. The molecule has 1 aromatic carbocycles. The maximum Gasteiger partial charge on any atom is 0.408 e. The van der Waals surface area contributed by atoms with Crippen molar-refractivity contribution in [2.24, 2.45) is 0 Å². The Labute approximate surface area is 191 Å². The second-order valence-corrected chi connectivity index (χ2v) is 9.38. The third-order valence-corrected chi connectivity index (χ3v) is 5.84. The summed E-state index contributed by atoms with van der Waals surface area (Å²) in [6.07, 6.45) is -0.694. The van der Waals surface area contributed by atoms with Crippen molar-refractivity contribution in [2.75, 3.05) is 26.8 Å². The minimum atomic E-state index is -1.11. The summed E-state index contributed by atoms with van der Waals surface area (Å²) in [6, 6.07) is 5.91. The molecule has 0 aliphatic carbocycles. The van der Waals surface area contributed by atoms with E-state index in [9.17, 15) is 19.5 Å². The van der Waals surface area contributed by atoms with Gasteiger partial charge in [0.25, 0.3) is 5.91 Å². The van der Waals surface area contributed by atoms with Crippen molar-refractivity contribution in [3.8, 4) is 0 Å². The number of rotatable bonds is 5. The van der Waals surface area contributed by atoms with E-state index >= 15 is 0 Å². The van der Waals surface area contributed by atoms with E-state index in [0.29, 0.717) is 23.7 Å². The standard InChI is InChI=1S/C22H29ClN4O5/c1-22(2,3)27(21(30)31)18-11-26(19(28)12-32-4)8-7-16(18)25-20(29)17-10-13-9-14(23)5-6-15(13)24-17/h5-6,9-10,16,18,24H,7-8,11-12H2,1-4H3,(H,25,29)(H,30,31)/t16-,18+/m0/s1. The van der Waals surface area contributed by atoms with Gasteiger partial charge in [-0.15, -0.1) is 0 Å². The normalized spacial score (nSPS) is 19.1. The van der Waals surface area contributed by atoms with Crippen LogP contribution in [0.3, 0.4) is 0 Å². The van der Waals surface area contributed by atoms with Crippen molar-refractivity contribution in [3.05, 3.63) is 35.0 Å². The van der Waals surface area contributed by atoms with Gasteiger partial charge < -0.3 is 25.0 Å². The summed E-state index contributed by atoms with van der Waals surface area (Å²) in [5.41, 5.74) is 0.402. The maximum atomic E-state index is 13.0. The average Bonchev–Trinajstić information content (AvgIpc) is 3.11. The number of amides is 3. The van der Waals surface area contributed by atoms with E-state index in [0.717, 1.165) is 10.9 Å². The molecule has 3 rings (SSSR count). The first-order chi connectivity index (χ1) is 15.0. The van der Waals surface area contributed by atoms with Crippen molar-refractivity contribution in [1.29, 1.82) is 0 Å². The van der Waals surface area contributed by atoms with E-state index in [1.165, 1.54) is 12.0 Å². The number of nitrogens with zero attached hydrogens (tertiary/aromatic N) is 2. The fourth-order valence-electron chi connectivity index (χ4n) is 4.20. The van der Waals surface area contributed by atoms with Gasteiger partial charge in [-0.25, -0.2) is 4.79 Å². The van der Waals surface area contributed by atoms with Crippen LogP contribution < -0.4 is 5.32 Å². The van der Waals surface area contributed by atoms with Crippen LogP contribution in [0.1, 0.15) is 37.7 Å². The highest BCUT2D eigenvalue weighted by atomic mass is 35.5. The zero-order valence-corrected chi connectivity index (χ0v) is 19.4. The van der Waals surface area contributed by atoms with E-state index in [1.807, 2.05) is 0 Å². The van der Waals surface area contributed by atoms with Gasteiger partial charge in [-0.05, 0) is 51.5 Å². The zero-order valence-electron chi connectivity index (χ0n) is 18.6. The van der Waals surface area contributed by atoms with Crippen LogP contribution in [-0.4, -0.2) is 82.2 Å². The van der Waals surface area contributed by atoms with Crippen LogP contribution in [-0.2, 0) is 9.53 Å². The van der Waals surface area contributed by atoms with Gasteiger partial charge in [-0.1, -0.05) is 11.6 Å². The first-order valence-corrected chi connectivity index (χ1v) is 10.8. The van der Waals surface area contributed by atoms with E-state index in [-0.39, 0.29) is 25.0 Å². The number of piperidine rings is 1. The Kier molecular flexibility index (Phi) is 7.00. The number of methoxy groups -OCH3 is 1. The van der Waals surface area contributed by atoms with Gasteiger partial charge in [0, 0.05) is 41.7 Å². The molecule has 2 aromatic rings. The molecule has 2 heterocycles. The van der Waals surface area contributed by atoms with Crippen LogP contribution in [0.25, 0.3) is 10.9 Å². The van der Waals surface area contributed by atoms with E-state index in [1.54, 1.807) is 49.9 Å². The number of hydrogen-bond acceptors (Lipinski definition) is 4. The number of likely N-dealkylation sites (tertiary alicyclic amines) is 1. The lowest BCUT2D eigenvalue weighted by Crippen LogP contribution is -2.66. The summed E-state index contributed by atoms with van der Waals surface area (Å²) >= 11 is 6.03. The minimum absolute atomic E-state index is 0.0794. The Morgan fingerprint density at radius 2 is 2.03 bits per heavy atom. The van der Waals surface area contributed by atoms with Crippen LogP contribution in [0.5, 0.6) is 0 Å². The quantitative estimate of drug-likeness (QED) is 0.629. The summed E-state index contributed by atoms with van der Waals surface area (Å²) in [4.78, 5) is 43.6. The van der Waals surface area contributed by atoms with Crippen LogP contribution in [0, 0.1) is 0 Å². The summed E-state index contributed by atoms with van der Waals surface area (Å²) in [5, 5.41) is 14.3. The number of carbonyl (C=O) groups is 3. The molecule has 0 unspecified atom stereocenters. The fraction of sp³-hybridized carbons (Fsp3) is 0.500. The highest BCUT2D eigenvalue weighted by Crippen LogP contribution is 2.26. The molecule has 0 bridgehead atoms. The number of fused-ring (bicyclic) bond motifs is 1.